The summed E-state index contributed by atoms with van der Waals surface area (Å²) in [5.74, 6) is 0.240. The average Bonchev–Trinajstić information content (AvgIpc) is 3.30. The van der Waals surface area contributed by atoms with Gasteiger partial charge in [-0.1, -0.05) is 11.6 Å². The van der Waals surface area contributed by atoms with Gasteiger partial charge in [-0.2, -0.15) is 0 Å². The number of rotatable bonds is 5. The number of aryl methyl sites for hydroxylation is 1. The lowest BCUT2D eigenvalue weighted by Crippen LogP contribution is -2.62. The molecule has 0 radical (unpaired) electrons. The maximum atomic E-state index is 13.9. The predicted molar refractivity (Wildman–Crippen MR) is 154 cm³/mol. The summed E-state index contributed by atoms with van der Waals surface area (Å²) in [4.78, 5) is 34.6. The maximum absolute atomic E-state index is 13.9. The number of pyridine rings is 1. The number of benzene rings is 1. The molecule has 0 unspecified atom stereocenters. The monoisotopic (exact) mass is 571 g/mol. The predicted octanol–water partition coefficient (Wildman–Crippen LogP) is 5.71. The Bertz CT molecular complexity index is 1410. The fourth-order valence-electron chi connectivity index (χ4n) is 7.61. The Balaban J connectivity index is 1.32. The van der Waals surface area contributed by atoms with E-state index < -0.39 is 5.79 Å². The van der Waals surface area contributed by atoms with Crippen molar-refractivity contribution in [3.63, 3.8) is 0 Å². The summed E-state index contributed by atoms with van der Waals surface area (Å²) in [6, 6.07) is 1.96. The van der Waals surface area contributed by atoms with Crippen molar-refractivity contribution in [3.05, 3.63) is 49.4 Å². The van der Waals surface area contributed by atoms with Gasteiger partial charge in [0.2, 0.25) is 0 Å². The Kier molecular flexibility index (Phi) is 6.36. The molecule has 1 atom stereocenters. The van der Waals surface area contributed by atoms with Crippen LogP contribution in [0.15, 0.2) is 15.8 Å². The molecule has 2 aliphatic heterocycles. The average molecular weight is 572 g/mol. The molecule has 5 aliphatic rings. The summed E-state index contributed by atoms with van der Waals surface area (Å²) < 4.78 is 13.4. The summed E-state index contributed by atoms with van der Waals surface area (Å²) in [6.07, 6.45) is 9.07. The Morgan fingerprint density at radius 2 is 1.72 bits per heavy atom. The van der Waals surface area contributed by atoms with E-state index >= 15 is 0 Å². The minimum absolute atomic E-state index is 0.0865. The Labute approximate surface area is 239 Å². The standard InChI is InChI=1S/C30H38ClN3O4S/c1-17-15-21(39-6)20(26(35)32-17)16-34-14-7-19-22(27(34)36)18(2)24-25(23(19)31)38-28(3,37-24)29-8-11-30(12-9-29,13-10-29)33(4)5/h15H,7-14,16H2,1-6H3,(H,32,35)/t28-,29?,30?/m1/s1. The molecule has 2 bridgehead atoms. The molecule has 1 amide bonds. The van der Waals surface area contributed by atoms with Gasteiger partial charge < -0.3 is 24.3 Å². The summed E-state index contributed by atoms with van der Waals surface area (Å²) in [5.41, 5.74) is 3.65. The Hall–Kier alpha value is -2.16. The van der Waals surface area contributed by atoms with Gasteiger partial charge in [-0.15, -0.1) is 11.8 Å². The number of fused-ring (bicyclic) bond motifs is 5. The quantitative estimate of drug-likeness (QED) is 0.464. The first-order valence-corrected chi connectivity index (χ1v) is 15.5. The SMILES string of the molecule is CSc1cc(C)[nH]c(=O)c1CN1CCc2c(Cl)c3c(c(C)c2C1=O)O[C@@](C)(C12CCC(N(C)C)(CC1)CC2)O3. The second-order valence-electron chi connectivity index (χ2n) is 12.3. The summed E-state index contributed by atoms with van der Waals surface area (Å²) >= 11 is 8.52. The normalized spacial score (nSPS) is 29.3. The molecular weight excluding hydrogens is 534 g/mol. The molecule has 1 N–H and O–H groups in total. The zero-order valence-electron chi connectivity index (χ0n) is 23.8. The van der Waals surface area contributed by atoms with Crippen LogP contribution < -0.4 is 15.0 Å². The first kappa shape index (κ1) is 27.0. The van der Waals surface area contributed by atoms with Crippen molar-refractivity contribution in [1.82, 2.24) is 14.8 Å². The summed E-state index contributed by atoms with van der Waals surface area (Å²) in [6.45, 7) is 6.61. The Morgan fingerprint density at radius 1 is 1.08 bits per heavy atom. The van der Waals surface area contributed by atoms with Gasteiger partial charge in [-0.3, -0.25) is 9.59 Å². The number of H-pyrrole nitrogens is 1. The molecule has 2 aromatic rings. The van der Waals surface area contributed by atoms with Crippen LogP contribution in [0.2, 0.25) is 5.02 Å². The van der Waals surface area contributed by atoms with E-state index in [0.29, 0.717) is 40.6 Å². The number of aromatic amines is 1. The van der Waals surface area contributed by atoms with Gasteiger partial charge in [-0.05, 0) is 90.8 Å². The molecule has 9 heteroatoms. The van der Waals surface area contributed by atoms with Gasteiger partial charge in [0, 0.05) is 40.6 Å². The molecule has 39 heavy (non-hydrogen) atoms. The van der Waals surface area contributed by atoms with Crippen molar-refractivity contribution in [2.45, 2.75) is 88.5 Å². The third kappa shape index (κ3) is 3.88. The smallest absolute Gasteiger partial charge is 0.254 e. The van der Waals surface area contributed by atoms with Crippen LogP contribution >= 0.6 is 23.4 Å². The van der Waals surface area contributed by atoms with E-state index in [1.807, 2.05) is 26.2 Å². The molecule has 3 saturated carbocycles. The number of halogens is 1. The van der Waals surface area contributed by atoms with Gasteiger partial charge in [0.25, 0.3) is 17.3 Å². The van der Waals surface area contributed by atoms with Crippen LogP contribution in [0.25, 0.3) is 0 Å². The highest BCUT2D eigenvalue weighted by Crippen LogP contribution is 2.63. The molecule has 1 aromatic carbocycles. The number of carbonyl (C=O) groups is 1. The second kappa shape index (κ2) is 9.18. The van der Waals surface area contributed by atoms with Gasteiger partial charge in [-0.25, -0.2) is 0 Å². The van der Waals surface area contributed by atoms with Crippen LogP contribution in [0.5, 0.6) is 11.5 Å². The van der Waals surface area contributed by atoms with Crippen LogP contribution in [0.3, 0.4) is 0 Å². The van der Waals surface area contributed by atoms with Crippen molar-refractivity contribution in [2.24, 2.45) is 5.41 Å². The number of aromatic nitrogens is 1. The summed E-state index contributed by atoms with van der Waals surface area (Å²) in [7, 11) is 4.40. The van der Waals surface area contributed by atoms with E-state index in [1.165, 1.54) is 11.8 Å². The number of thioether (sulfide) groups is 1. The Morgan fingerprint density at radius 3 is 2.33 bits per heavy atom. The molecule has 3 aliphatic carbocycles. The summed E-state index contributed by atoms with van der Waals surface area (Å²) in [5, 5.41) is 0.492. The van der Waals surface area contributed by atoms with Crippen molar-refractivity contribution in [2.75, 3.05) is 26.9 Å². The van der Waals surface area contributed by atoms with Crippen molar-refractivity contribution in [3.8, 4) is 11.5 Å². The van der Waals surface area contributed by atoms with Gasteiger partial charge in [0.1, 0.15) is 0 Å². The zero-order valence-corrected chi connectivity index (χ0v) is 25.3. The zero-order chi connectivity index (χ0) is 27.9. The maximum Gasteiger partial charge on any atom is 0.254 e. The highest BCUT2D eigenvalue weighted by Gasteiger charge is 2.62. The van der Waals surface area contributed by atoms with Crippen LogP contribution in [-0.2, 0) is 13.0 Å². The molecule has 3 heterocycles. The second-order valence-corrected chi connectivity index (χ2v) is 13.5. The third-order valence-electron chi connectivity index (χ3n) is 10.3. The van der Waals surface area contributed by atoms with Gasteiger partial charge >= 0.3 is 0 Å². The third-order valence-corrected chi connectivity index (χ3v) is 11.5. The lowest BCUT2D eigenvalue weighted by molar-refractivity contribution is -0.211. The van der Waals surface area contributed by atoms with Crippen LogP contribution in [0.1, 0.15) is 78.2 Å². The van der Waals surface area contributed by atoms with E-state index in [-0.39, 0.29) is 29.0 Å². The first-order valence-electron chi connectivity index (χ1n) is 13.9. The molecule has 3 fully saturated rings. The molecule has 7 rings (SSSR count). The molecule has 210 valence electrons. The number of carbonyl (C=O) groups excluding carboxylic acids is 1. The fraction of sp³-hybridized carbons (Fsp3) is 0.600. The lowest BCUT2D eigenvalue weighted by Gasteiger charge is -2.59. The van der Waals surface area contributed by atoms with E-state index in [2.05, 4.69) is 30.9 Å². The van der Waals surface area contributed by atoms with Crippen LogP contribution in [-0.4, -0.2) is 58.9 Å². The van der Waals surface area contributed by atoms with Gasteiger partial charge in [0.15, 0.2) is 11.5 Å². The molecule has 0 spiro atoms. The van der Waals surface area contributed by atoms with Crippen molar-refractivity contribution >= 4 is 29.3 Å². The number of nitrogens with zero attached hydrogens (tertiary/aromatic N) is 2. The van der Waals surface area contributed by atoms with Crippen LogP contribution in [0.4, 0.5) is 0 Å². The minimum Gasteiger partial charge on any atom is -0.448 e. The number of amides is 1. The van der Waals surface area contributed by atoms with E-state index in [1.54, 1.807) is 4.90 Å². The van der Waals surface area contributed by atoms with Gasteiger partial charge in [0.05, 0.1) is 22.7 Å². The fourth-order valence-corrected chi connectivity index (χ4v) is 8.62. The largest absolute Gasteiger partial charge is 0.448 e. The molecule has 0 saturated heterocycles. The number of nitrogens with one attached hydrogen (secondary N) is 1. The molecule has 1 aromatic heterocycles. The van der Waals surface area contributed by atoms with Crippen LogP contribution in [0, 0.1) is 19.3 Å². The number of hydrogen-bond acceptors (Lipinski definition) is 6. The van der Waals surface area contributed by atoms with E-state index in [0.717, 1.165) is 60.2 Å². The van der Waals surface area contributed by atoms with Crippen molar-refractivity contribution in [1.29, 1.82) is 0 Å². The van der Waals surface area contributed by atoms with Crippen molar-refractivity contribution < 1.29 is 14.3 Å². The number of ether oxygens (including phenoxy) is 2. The molecular formula is C30H38ClN3O4S. The topological polar surface area (TPSA) is 74.9 Å². The highest BCUT2D eigenvalue weighted by molar-refractivity contribution is 7.98. The highest BCUT2D eigenvalue weighted by atomic mass is 35.5. The van der Waals surface area contributed by atoms with E-state index in [4.69, 9.17) is 21.1 Å². The lowest BCUT2D eigenvalue weighted by atomic mass is 9.54. The first-order chi connectivity index (χ1) is 18.4. The van der Waals surface area contributed by atoms with E-state index in [9.17, 15) is 9.59 Å². The molecule has 7 nitrogen and oxygen atoms in total. The number of hydrogen-bond donors (Lipinski definition) is 1. The minimum atomic E-state index is -0.822.